The number of rotatable bonds is 8. The van der Waals surface area contributed by atoms with Gasteiger partial charge in [-0.25, -0.2) is 0 Å². The van der Waals surface area contributed by atoms with Crippen LogP contribution in [0.5, 0.6) is 11.5 Å². The molecule has 31 heavy (non-hydrogen) atoms. The maximum Gasteiger partial charge on any atom is 0.251 e. The molecular formula is C24H31ClN2O4. The predicted octanol–water partition coefficient (Wildman–Crippen LogP) is 4.29. The summed E-state index contributed by atoms with van der Waals surface area (Å²) in [5.41, 5.74) is 2.71. The summed E-state index contributed by atoms with van der Waals surface area (Å²) in [6.07, 6.45) is 0.515. The Bertz CT molecular complexity index is 878. The quantitative estimate of drug-likeness (QED) is 0.655. The summed E-state index contributed by atoms with van der Waals surface area (Å²) in [6.45, 7) is 9.76. The van der Waals surface area contributed by atoms with E-state index in [0.717, 1.165) is 25.2 Å². The Hall–Kier alpha value is -2.28. The highest BCUT2D eigenvalue weighted by Gasteiger charge is 2.22. The van der Waals surface area contributed by atoms with Gasteiger partial charge in [0.2, 0.25) is 0 Å². The van der Waals surface area contributed by atoms with E-state index in [4.69, 9.17) is 25.8 Å². The highest BCUT2D eigenvalue weighted by Crippen LogP contribution is 2.36. The Labute approximate surface area is 189 Å². The third-order valence-corrected chi connectivity index (χ3v) is 5.44. The van der Waals surface area contributed by atoms with Gasteiger partial charge in [0.15, 0.2) is 11.5 Å². The van der Waals surface area contributed by atoms with Crippen LogP contribution in [0.15, 0.2) is 36.4 Å². The fraction of sp³-hybridized carbons (Fsp3) is 0.458. The van der Waals surface area contributed by atoms with Crippen LogP contribution in [0, 0.1) is 0 Å². The fourth-order valence-electron chi connectivity index (χ4n) is 3.85. The zero-order chi connectivity index (χ0) is 22.4. The van der Waals surface area contributed by atoms with Crippen molar-refractivity contribution < 1.29 is 19.0 Å². The fourth-order valence-corrected chi connectivity index (χ4v) is 4.12. The maximum atomic E-state index is 12.6. The van der Waals surface area contributed by atoms with Crippen molar-refractivity contribution in [3.63, 3.8) is 0 Å². The molecule has 0 aliphatic carbocycles. The van der Waals surface area contributed by atoms with Gasteiger partial charge in [-0.05, 0) is 44.0 Å². The minimum atomic E-state index is -0.219. The van der Waals surface area contributed by atoms with Crippen LogP contribution in [0.1, 0.15) is 42.3 Å². The van der Waals surface area contributed by atoms with E-state index in [1.807, 2.05) is 6.92 Å². The van der Waals surface area contributed by atoms with E-state index >= 15 is 0 Å². The zero-order valence-electron chi connectivity index (χ0n) is 18.6. The summed E-state index contributed by atoms with van der Waals surface area (Å²) in [6, 6.07) is 11.6. The molecule has 1 saturated heterocycles. The number of nitrogens with one attached hydrogen (secondary N) is 1. The van der Waals surface area contributed by atoms with Gasteiger partial charge in [-0.2, -0.15) is 0 Å². The standard InChI is InChI=1S/C24H31ClN2O4/c1-5-30-23-21(25)10-20(11-22(23)29-4)24(28)26-12-18-6-8-19(9-7-18)15-27-13-16(2)31-17(3)14-27/h6-11,16-17H,5,12-15H2,1-4H3,(H,26,28). The van der Waals surface area contributed by atoms with Crippen molar-refractivity contribution in [1.29, 1.82) is 0 Å². The predicted molar refractivity (Wildman–Crippen MR) is 122 cm³/mol. The van der Waals surface area contributed by atoms with E-state index in [9.17, 15) is 4.79 Å². The lowest BCUT2D eigenvalue weighted by Gasteiger charge is -2.35. The van der Waals surface area contributed by atoms with Crippen LogP contribution in [0.25, 0.3) is 0 Å². The molecule has 1 heterocycles. The summed E-state index contributed by atoms with van der Waals surface area (Å²) in [7, 11) is 1.52. The third kappa shape index (κ3) is 6.35. The zero-order valence-corrected chi connectivity index (χ0v) is 19.4. The minimum Gasteiger partial charge on any atom is -0.493 e. The normalized spacial score (nSPS) is 19.1. The number of hydrogen-bond acceptors (Lipinski definition) is 5. The van der Waals surface area contributed by atoms with Gasteiger partial charge in [-0.1, -0.05) is 35.9 Å². The first-order valence-electron chi connectivity index (χ1n) is 10.6. The number of halogens is 1. The molecule has 168 valence electrons. The highest BCUT2D eigenvalue weighted by atomic mass is 35.5. The van der Waals surface area contributed by atoms with Crippen LogP contribution >= 0.6 is 11.6 Å². The molecule has 1 amide bonds. The van der Waals surface area contributed by atoms with Gasteiger partial charge in [0.1, 0.15) is 0 Å². The van der Waals surface area contributed by atoms with E-state index in [1.165, 1.54) is 12.7 Å². The summed E-state index contributed by atoms with van der Waals surface area (Å²) in [5, 5.41) is 3.29. The van der Waals surface area contributed by atoms with Crippen LogP contribution in [0.3, 0.4) is 0 Å². The van der Waals surface area contributed by atoms with E-state index < -0.39 is 0 Å². The Morgan fingerprint density at radius 3 is 2.42 bits per heavy atom. The van der Waals surface area contributed by atoms with E-state index in [2.05, 4.69) is 48.3 Å². The molecule has 2 aromatic carbocycles. The molecule has 2 atom stereocenters. The largest absolute Gasteiger partial charge is 0.493 e. The number of methoxy groups -OCH3 is 1. The average Bonchev–Trinajstić information content (AvgIpc) is 2.73. The second-order valence-electron chi connectivity index (χ2n) is 7.87. The Balaban J connectivity index is 1.57. The highest BCUT2D eigenvalue weighted by molar-refractivity contribution is 6.32. The summed E-state index contributed by atoms with van der Waals surface area (Å²) >= 11 is 6.27. The first kappa shape index (κ1) is 23.4. The first-order chi connectivity index (χ1) is 14.9. The Morgan fingerprint density at radius 2 is 1.81 bits per heavy atom. The summed E-state index contributed by atoms with van der Waals surface area (Å²) in [4.78, 5) is 15.0. The lowest BCUT2D eigenvalue weighted by molar-refractivity contribution is -0.0704. The monoisotopic (exact) mass is 446 g/mol. The first-order valence-corrected chi connectivity index (χ1v) is 11.0. The molecule has 0 bridgehead atoms. The molecule has 7 heteroatoms. The van der Waals surface area contributed by atoms with Gasteiger partial charge in [-0.3, -0.25) is 9.69 Å². The molecule has 1 fully saturated rings. The number of amides is 1. The number of carbonyl (C=O) groups is 1. The van der Waals surface area contributed by atoms with E-state index in [-0.39, 0.29) is 18.1 Å². The second-order valence-corrected chi connectivity index (χ2v) is 8.28. The van der Waals surface area contributed by atoms with Gasteiger partial charge in [0.05, 0.1) is 30.9 Å². The van der Waals surface area contributed by atoms with Crippen molar-refractivity contribution in [2.45, 2.75) is 46.1 Å². The number of morpholine rings is 1. The number of benzene rings is 2. The molecule has 0 radical (unpaired) electrons. The molecule has 1 aliphatic rings. The van der Waals surface area contributed by atoms with Gasteiger partial charge in [0.25, 0.3) is 5.91 Å². The Morgan fingerprint density at radius 1 is 1.16 bits per heavy atom. The number of carbonyl (C=O) groups excluding carboxylic acids is 1. The Kier molecular flexibility index (Phi) is 8.18. The van der Waals surface area contributed by atoms with Gasteiger partial charge in [-0.15, -0.1) is 0 Å². The minimum absolute atomic E-state index is 0.219. The van der Waals surface area contributed by atoms with Crippen molar-refractivity contribution in [3.8, 4) is 11.5 Å². The molecule has 1 N–H and O–H groups in total. The molecule has 6 nitrogen and oxygen atoms in total. The molecular weight excluding hydrogens is 416 g/mol. The van der Waals surface area contributed by atoms with Crippen LogP contribution < -0.4 is 14.8 Å². The van der Waals surface area contributed by atoms with Crippen molar-refractivity contribution in [2.75, 3.05) is 26.8 Å². The molecule has 0 spiro atoms. The van der Waals surface area contributed by atoms with Crippen LogP contribution in [0.2, 0.25) is 5.02 Å². The van der Waals surface area contributed by atoms with Crippen LogP contribution in [-0.4, -0.2) is 49.8 Å². The second kappa shape index (κ2) is 10.8. The smallest absolute Gasteiger partial charge is 0.251 e. The molecule has 2 unspecified atom stereocenters. The van der Waals surface area contributed by atoms with Crippen molar-refractivity contribution in [3.05, 3.63) is 58.1 Å². The molecule has 0 aromatic heterocycles. The molecule has 2 aromatic rings. The number of hydrogen-bond donors (Lipinski definition) is 1. The lowest BCUT2D eigenvalue weighted by atomic mass is 10.1. The maximum absolute atomic E-state index is 12.6. The van der Waals surface area contributed by atoms with Crippen LogP contribution in [0.4, 0.5) is 0 Å². The lowest BCUT2D eigenvalue weighted by Crippen LogP contribution is -2.44. The third-order valence-electron chi connectivity index (χ3n) is 5.16. The molecule has 3 rings (SSSR count). The summed E-state index contributed by atoms with van der Waals surface area (Å²) in [5.74, 6) is 0.669. The van der Waals surface area contributed by atoms with Crippen molar-refractivity contribution >= 4 is 17.5 Å². The van der Waals surface area contributed by atoms with Crippen LogP contribution in [-0.2, 0) is 17.8 Å². The number of nitrogens with zero attached hydrogens (tertiary/aromatic N) is 1. The van der Waals surface area contributed by atoms with Gasteiger partial charge in [0, 0.05) is 31.7 Å². The average molecular weight is 447 g/mol. The van der Waals surface area contributed by atoms with Crippen molar-refractivity contribution in [1.82, 2.24) is 10.2 Å². The van der Waals surface area contributed by atoms with E-state index in [0.29, 0.717) is 35.2 Å². The van der Waals surface area contributed by atoms with Crippen molar-refractivity contribution in [2.24, 2.45) is 0 Å². The van der Waals surface area contributed by atoms with Gasteiger partial charge >= 0.3 is 0 Å². The topological polar surface area (TPSA) is 60.0 Å². The summed E-state index contributed by atoms with van der Waals surface area (Å²) < 4.78 is 16.6. The molecule has 0 saturated carbocycles. The molecule has 1 aliphatic heterocycles. The number of ether oxygens (including phenoxy) is 3. The van der Waals surface area contributed by atoms with E-state index in [1.54, 1.807) is 12.1 Å². The SMILES string of the molecule is CCOc1c(Cl)cc(C(=O)NCc2ccc(CN3CC(C)OC(C)C3)cc2)cc1OC. The van der Waals surface area contributed by atoms with Gasteiger partial charge < -0.3 is 19.5 Å².